The summed E-state index contributed by atoms with van der Waals surface area (Å²) < 4.78 is 5.22. The number of nitrogens with zero attached hydrogens (tertiary/aromatic N) is 3. The standard InChI is InChI=1S/C10H13N3O/c1-8(14-2)10-6-4-3-5-9(10)7-12-13-11/h3-6,8H,7H2,1-2H3. The molecule has 1 aromatic carbocycles. The van der Waals surface area contributed by atoms with Crippen LogP contribution in [0, 0.1) is 0 Å². The molecule has 0 bridgehead atoms. The fraction of sp³-hybridized carbons (Fsp3) is 0.400. The van der Waals surface area contributed by atoms with Gasteiger partial charge >= 0.3 is 0 Å². The number of azide groups is 1. The zero-order valence-electron chi connectivity index (χ0n) is 8.34. The molecule has 0 saturated carbocycles. The van der Waals surface area contributed by atoms with Crippen molar-refractivity contribution in [2.24, 2.45) is 5.11 Å². The van der Waals surface area contributed by atoms with Crippen molar-refractivity contribution in [3.63, 3.8) is 0 Å². The zero-order chi connectivity index (χ0) is 10.4. The van der Waals surface area contributed by atoms with Crippen molar-refractivity contribution < 1.29 is 4.74 Å². The van der Waals surface area contributed by atoms with Crippen molar-refractivity contribution in [2.75, 3.05) is 7.11 Å². The number of rotatable bonds is 4. The van der Waals surface area contributed by atoms with Crippen LogP contribution in [0.5, 0.6) is 0 Å². The first-order valence-electron chi connectivity index (χ1n) is 4.41. The lowest BCUT2D eigenvalue weighted by molar-refractivity contribution is 0.119. The van der Waals surface area contributed by atoms with E-state index in [1.165, 1.54) is 0 Å². The van der Waals surface area contributed by atoms with Crippen LogP contribution in [0.1, 0.15) is 24.2 Å². The van der Waals surface area contributed by atoms with Crippen molar-refractivity contribution in [3.8, 4) is 0 Å². The number of benzene rings is 1. The highest BCUT2D eigenvalue weighted by molar-refractivity contribution is 5.28. The summed E-state index contributed by atoms with van der Waals surface area (Å²) in [6.45, 7) is 2.34. The molecule has 1 atom stereocenters. The Bertz CT molecular complexity index is 345. The van der Waals surface area contributed by atoms with Crippen molar-refractivity contribution >= 4 is 0 Å². The Balaban J connectivity index is 2.96. The predicted molar refractivity (Wildman–Crippen MR) is 54.7 cm³/mol. The summed E-state index contributed by atoms with van der Waals surface area (Å²) in [6, 6.07) is 7.80. The Kier molecular flexibility index (Phi) is 3.98. The van der Waals surface area contributed by atoms with E-state index in [0.717, 1.165) is 11.1 Å². The molecule has 0 heterocycles. The molecule has 4 nitrogen and oxygen atoms in total. The maximum absolute atomic E-state index is 8.24. The summed E-state index contributed by atoms with van der Waals surface area (Å²) in [5.74, 6) is 0. The van der Waals surface area contributed by atoms with E-state index in [0.29, 0.717) is 6.54 Å². The van der Waals surface area contributed by atoms with Crippen LogP contribution in [0.25, 0.3) is 10.4 Å². The van der Waals surface area contributed by atoms with E-state index in [1.54, 1.807) is 7.11 Å². The lowest BCUT2D eigenvalue weighted by atomic mass is 10.0. The van der Waals surface area contributed by atoms with Crippen molar-refractivity contribution in [1.29, 1.82) is 0 Å². The monoisotopic (exact) mass is 191 g/mol. The van der Waals surface area contributed by atoms with Crippen LogP contribution in [0.3, 0.4) is 0 Å². The highest BCUT2D eigenvalue weighted by atomic mass is 16.5. The first-order valence-corrected chi connectivity index (χ1v) is 4.41. The molecule has 0 radical (unpaired) electrons. The summed E-state index contributed by atoms with van der Waals surface area (Å²) in [7, 11) is 1.66. The molecule has 0 aliphatic rings. The van der Waals surface area contributed by atoms with Crippen LogP contribution in [0.15, 0.2) is 29.4 Å². The number of ether oxygens (including phenoxy) is 1. The van der Waals surface area contributed by atoms with Gasteiger partial charge in [0.25, 0.3) is 0 Å². The van der Waals surface area contributed by atoms with E-state index < -0.39 is 0 Å². The molecular weight excluding hydrogens is 178 g/mol. The second kappa shape index (κ2) is 5.27. The van der Waals surface area contributed by atoms with Crippen LogP contribution >= 0.6 is 0 Å². The van der Waals surface area contributed by atoms with E-state index in [4.69, 9.17) is 10.3 Å². The zero-order valence-corrected chi connectivity index (χ0v) is 8.34. The Labute approximate surface area is 83.1 Å². The quantitative estimate of drug-likeness (QED) is 0.409. The average Bonchev–Trinajstić information content (AvgIpc) is 2.25. The molecule has 0 spiro atoms. The third-order valence-corrected chi connectivity index (χ3v) is 2.15. The summed E-state index contributed by atoms with van der Waals surface area (Å²) in [5.41, 5.74) is 10.3. The molecule has 0 amide bonds. The largest absolute Gasteiger partial charge is 0.377 e. The summed E-state index contributed by atoms with van der Waals surface area (Å²) in [6.07, 6.45) is 0.0279. The Morgan fingerprint density at radius 2 is 2.21 bits per heavy atom. The van der Waals surface area contributed by atoms with Crippen LogP contribution in [-0.2, 0) is 11.3 Å². The molecule has 0 aliphatic heterocycles. The average molecular weight is 191 g/mol. The molecule has 14 heavy (non-hydrogen) atoms. The summed E-state index contributed by atoms with van der Waals surface area (Å²) in [5, 5.41) is 3.54. The molecule has 0 aliphatic carbocycles. The van der Waals surface area contributed by atoms with E-state index >= 15 is 0 Å². The predicted octanol–water partition coefficient (Wildman–Crippen LogP) is 3.20. The van der Waals surface area contributed by atoms with Crippen molar-refractivity contribution in [1.82, 2.24) is 0 Å². The van der Waals surface area contributed by atoms with Gasteiger partial charge in [-0.3, -0.25) is 0 Å². The minimum absolute atomic E-state index is 0.0279. The van der Waals surface area contributed by atoms with E-state index in [1.807, 2.05) is 31.2 Å². The Morgan fingerprint density at radius 3 is 2.86 bits per heavy atom. The maximum atomic E-state index is 8.24. The van der Waals surface area contributed by atoms with Gasteiger partial charge in [0.05, 0.1) is 12.6 Å². The summed E-state index contributed by atoms with van der Waals surface area (Å²) in [4.78, 5) is 2.74. The second-order valence-electron chi connectivity index (χ2n) is 2.97. The van der Waals surface area contributed by atoms with Gasteiger partial charge in [-0.15, -0.1) is 0 Å². The molecule has 0 aromatic heterocycles. The highest BCUT2D eigenvalue weighted by Crippen LogP contribution is 2.20. The topological polar surface area (TPSA) is 58.0 Å². The molecule has 0 saturated heterocycles. The smallest absolute Gasteiger partial charge is 0.0795 e. The van der Waals surface area contributed by atoms with E-state index in [-0.39, 0.29) is 6.10 Å². The molecule has 0 fully saturated rings. The van der Waals surface area contributed by atoms with Crippen LogP contribution in [-0.4, -0.2) is 7.11 Å². The SMILES string of the molecule is COC(C)c1ccccc1CN=[N+]=[N-]. The lowest BCUT2D eigenvalue weighted by Crippen LogP contribution is -2.00. The minimum Gasteiger partial charge on any atom is -0.377 e. The third kappa shape index (κ3) is 2.49. The molecule has 1 aromatic rings. The van der Waals surface area contributed by atoms with Gasteiger partial charge in [-0.1, -0.05) is 29.4 Å². The van der Waals surface area contributed by atoms with E-state index in [9.17, 15) is 0 Å². The first kappa shape index (κ1) is 10.6. The molecular formula is C10H13N3O. The molecule has 74 valence electrons. The van der Waals surface area contributed by atoms with Gasteiger partial charge in [0.2, 0.25) is 0 Å². The molecule has 4 heteroatoms. The van der Waals surface area contributed by atoms with E-state index in [2.05, 4.69) is 10.0 Å². The van der Waals surface area contributed by atoms with Crippen molar-refractivity contribution in [3.05, 3.63) is 45.8 Å². The van der Waals surface area contributed by atoms with Gasteiger partial charge in [-0.25, -0.2) is 0 Å². The Hall–Kier alpha value is -1.51. The van der Waals surface area contributed by atoms with Gasteiger partial charge < -0.3 is 4.74 Å². The second-order valence-corrected chi connectivity index (χ2v) is 2.97. The van der Waals surface area contributed by atoms with Gasteiger partial charge in [0.1, 0.15) is 0 Å². The lowest BCUT2D eigenvalue weighted by Gasteiger charge is -2.13. The molecule has 0 N–H and O–H groups in total. The highest BCUT2D eigenvalue weighted by Gasteiger charge is 2.07. The number of methoxy groups -OCH3 is 1. The fourth-order valence-electron chi connectivity index (χ4n) is 1.31. The Morgan fingerprint density at radius 1 is 1.50 bits per heavy atom. The summed E-state index contributed by atoms with van der Waals surface area (Å²) >= 11 is 0. The first-order chi connectivity index (χ1) is 6.79. The molecule has 1 rings (SSSR count). The van der Waals surface area contributed by atoms with Gasteiger partial charge in [0.15, 0.2) is 0 Å². The maximum Gasteiger partial charge on any atom is 0.0795 e. The van der Waals surface area contributed by atoms with Crippen LogP contribution in [0.2, 0.25) is 0 Å². The fourth-order valence-corrected chi connectivity index (χ4v) is 1.31. The third-order valence-electron chi connectivity index (χ3n) is 2.15. The normalized spacial score (nSPS) is 11.9. The van der Waals surface area contributed by atoms with Crippen molar-refractivity contribution in [2.45, 2.75) is 19.6 Å². The van der Waals surface area contributed by atoms with Crippen LogP contribution < -0.4 is 0 Å². The van der Waals surface area contributed by atoms with Gasteiger partial charge in [-0.05, 0) is 23.6 Å². The van der Waals surface area contributed by atoms with Crippen LogP contribution in [0.4, 0.5) is 0 Å². The van der Waals surface area contributed by atoms with Gasteiger partial charge in [0, 0.05) is 12.0 Å². The number of hydrogen-bond donors (Lipinski definition) is 0. The van der Waals surface area contributed by atoms with Gasteiger partial charge in [-0.2, -0.15) is 0 Å². The minimum atomic E-state index is 0.0279. The molecule has 1 unspecified atom stereocenters. The number of hydrogen-bond acceptors (Lipinski definition) is 2.